The summed E-state index contributed by atoms with van der Waals surface area (Å²) in [6.07, 6.45) is 0. The summed E-state index contributed by atoms with van der Waals surface area (Å²) in [4.78, 5) is 0. The van der Waals surface area contributed by atoms with E-state index in [2.05, 4.69) is 69.4 Å². The predicted molar refractivity (Wildman–Crippen MR) is 80.3 cm³/mol. The normalized spacial score (nSPS) is 12.9. The van der Waals surface area contributed by atoms with Crippen molar-refractivity contribution in [3.63, 3.8) is 0 Å². The van der Waals surface area contributed by atoms with Crippen LogP contribution < -0.4 is 5.32 Å². The maximum Gasteiger partial charge on any atom is 0.134 e. The number of hydrogen-bond donors (Lipinski definition) is 1. The molecule has 1 unspecified atom stereocenters. The lowest BCUT2D eigenvalue weighted by Gasteiger charge is -2.11. The predicted octanol–water partition coefficient (Wildman–Crippen LogP) is 4.74. The summed E-state index contributed by atoms with van der Waals surface area (Å²) >= 11 is 0. The first-order valence-corrected chi connectivity index (χ1v) is 7.06. The van der Waals surface area contributed by atoms with E-state index < -0.39 is 0 Å². The number of furan rings is 1. The van der Waals surface area contributed by atoms with Crippen LogP contribution >= 0.6 is 0 Å². The van der Waals surface area contributed by atoms with Gasteiger partial charge in [-0.2, -0.15) is 0 Å². The van der Waals surface area contributed by atoms with E-state index in [1.165, 1.54) is 11.1 Å². The molecular weight excluding hydrogens is 234 g/mol. The third-order valence-corrected chi connectivity index (χ3v) is 3.41. The van der Waals surface area contributed by atoms with Crippen LogP contribution in [0, 0.1) is 0 Å². The van der Waals surface area contributed by atoms with Crippen LogP contribution in [0.2, 0.25) is 0 Å². The molecule has 1 atom stereocenters. The maximum atomic E-state index is 6.01. The minimum atomic E-state index is 0.255. The van der Waals surface area contributed by atoms with Crippen molar-refractivity contribution in [1.29, 1.82) is 0 Å². The standard InChI is InChI=1S/C17H23NO/c1-5-18-13(4)16-10-11-17(19-16)15-9-7-6-8-14(15)12(2)3/h6-13,18H,5H2,1-4H3. The largest absolute Gasteiger partial charge is 0.459 e. The van der Waals surface area contributed by atoms with Gasteiger partial charge in [-0.15, -0.1) is 0 Å². The van der Waals surface area contributed by atoms with E-state index in [9.17, 15) is 0 Å². The zero-order chi connectivity index (χ0) is 13.8. The number of benzene rings is 1. The highest BCUT2D eigenvalue weighted by molar-refractivity contribution is 5.63. The molecule has 102 valence electrons. The van der Waals surface area contributed by atoms with Crippen LogP contribution in [0.3, 0.4) is 0 Å². The summed E-state index contributed by atoms with van der Waals surface area (Å²) in [5.41, 5.74) is 2.53. The van der Waals surface area contributed by atoms with Crippen molar-refractivity contribution in [2.45, 2.75) is 39.7 Å². The molecule has 0 aliphatic heterocycles. The van der Waals surface area contributed by atoms with Crippen molar-refractivity contribution in [2.75, 3.05) is 6.54 Å². The Morgan fingerprint density at radius 3 is 2.47 bits per heavy atom. The highest BCUT2D eigenvalue weighted by Gasteiger charge is 2.13. The van der Waals surface area contributed by atoms with Crippen LogP contribution in [0.1, 0.15) is 51.0 Å². The Bertz CT molecular complexity index is 528. The van der Waals surface area contributed by atoms with E-state index in [4.69, 9.17) is 4.42 Å². The highest BCUT2D eigenvalue weighted by atomic mass is 16.3. The van der Waals surface area contributed by atoms with Crippen molar-refractivity contribution >= 4 is 0 Å². The molecule has 0 spiro atoms. The molecule has 1 heterocycles. The van der Waals surface area contributed by atoms with Crippen molar-refractivity contribution in [2.24, 2.45) is 0 Å². The summed E-state index contributed by atoms with van der Waals surface area (Å²) in [6.45, 7) is 9.60. The zero-order valence-electron chi connectivity index (χ0n) is 12.2. The Balaban J connectivity index is 2.33. The zero-order valence-corrected chi connectivity index (χ0v) is 12.2. The Morgan fingerprint density at radius 2 is 1.79 bits per heavy atom. The third kappa shape index (κ3) is 3.07. The monoisotopic (exact) mass is 257 g/mol. The van der Waals surface area contributed by atoms with Crippen LogP contribution in [0.4, 0.5) is 0 Å². The van der Waals surface area contributed by atoms with Crippen molar-refractivity contribution in [1.82, 2.24) is 5.32 Å². The molecule has 2 heteroatoms. The number of rotatable bonds is 5. The molecule has 0 amide bonds. The van der Waals surface area contributed by atoms with Gasteiger partial charge in [0, 0.05) is 5.56 Å². The quantitative estimate of drug-likeness (QED) is 0.837. The van der Waals surface area contributed by atoms with E-state index in [1.54, 1.807) is 0 Å². The van der Waals surface area contributed by atoms with Gasteiger partial charge in [0.1, 0.15) is 11.5 Å². The van der Waals surface area contributed by atoms with Gasteiger partial charge in [0.2, 0.25) is 0 Å². The average molecular weight is 257 g/mol. The molecular formula is C17H23NO. The minimum absolute atomic E-state index is 0.255. The van der Waals surface area contributed by atoms with E-state index >= 15 is 0 Å². The Kier molecular flexibility index (Phi) is 4.43. The fourth-order valence-electron chi connectivity index (χ4n) is 2.36. The molecule has 0 fully saturated rings. The molecule has 2 nitrogen and oxygen atoms in total. The lowest BCUT2D eigenvalue weighted by Crippen LogP contribution is -2.16. The molecule has 0 radical (unpaired) electrons. The first-order valence-electron chi connectivity index (χ1n) is 7.06. The summed E-state index contributed by atoms with van der Waals surface area (Å²) in [5, 5.41) is 3.37. The summed E-state index contributed by atoms with van der Waals surface area (Å²) < 4.78 is 6.01. The molecule has 19 heavy (non-hydrogen) atoms. The van der Waals surface area contributed by atoms with Gasteiger partial charge in [0.25, 0.3) is 0 Å². The van der Waals surface area contributed by atoms with Gasteiger partial charge in [-0.1, -0.05) is 45.0 Å². The Hall–Kier alpha value is -1.54. The summed E-state index contributed by atoms with van der Waals surface area (Å²) in [5.74, 6) is 2.45. The van der Waals surface area contributed by atoms with Gasteiger partial charge in [0.15, 0.2) is 0 Å². The molecule has 0 bridgehead atoms. The van der Waals surface area contributed by atoms with Gasteiger partial charge in [-0.25, -0.2) is 0 Å². The second-order valence-corrected chi connectivity index (χ2v) is 5.22. The van der Waals surface area contributed by atoms with E-state index in [1.807, 2.05) is 0 Å². The molecule has 1 N–H and O–H groups in total. The van der Waals surface area contributed by atoms with Crippen LogP contribution in [0.15, 0.2) is 40.8 Å². The van der Waals surface area contributed by atoms with Gasteiger partial charge in [-0.3, -0.25) is 0 Å². The molecule has 1 aromatic heterocycles. The molecule has 2 aromatic rings. The van der Waals surface area contributed by atoms with Crippen LogP contribution in [-0.4, -0.2) is 6.54 Å². The van der Waals surface area contributed by atoms with Gasteiger partial charge >= 0.3 is 0 Å². The smallest absolute Gasteiger partial charge is 0.134 e. The second kappa shape index (κ2) is 6.07. The minimum Gasteiger partial charge on any atom is -0.459 e. The summed E-state index contributed by atoms with van der Waals surface area (Å²) in [6, 6.07) is 12.9. The van der Waals surface area contributed by atoms with E-state index in [0.717, 1.165) is 18.1 Å². The molecule has 0 saturated carbocycles. The van der Waals surface area contributed by atoms with Gasteiger partial charge in [0.05, 0.1) is 6.04 Å². The van der Waals surface area contributed by atoms with Crippen LogP contribution in [0.25, 0.3) is 11.3 Å². The van der Waals surface area contributed by atoms with E-state index in [0.29, 0.717) is 5.92 Å². The Labute approximate surface area is 115 Å². The first-order chi connectivity index (χ1) is 9.13. The highest BCUT2D eigenvalue weighted by Crippen LogP contribution is 2.31. The SMILES string of the molecule is CCNC(C)c1ccc(-c2ccccc2C(C)C)o1. The fourth-order valence-corrected chi connectivity index (χ4v) is 2.36. The van der Waals surface area contributed by atoms with Crippen molar-refractivity contribution < 1.29 is 4.42 Å². The fraction of sp³-hybridized carbons (Fsp3) is 0.412. The molecule has 0 aliphatic carbocycles. The van der Waals surface area contributed by atoms with Crippen LogP contribution in [0.5, 0.6) is 0 Å². The Morgan fingerprint density at radius 1 is 1.05 bits per heavy atom. The first kappa shape index (κ1) is 13.9. The lowest BCUT2D eigenvalue weighted by molar-refractivity contribution is 0.445. The topological polar surface area (TPSA) is 25.2 Å². The molecule has 1 aromatic carbocycles. The summed E-state index contributed by atoms with van der Waals surface area (Å²) in [7, 11) is 0. The van der Waals surface area contributed by atoms with E-state index in [-0.39, 0.29) is 6.04 Å². The van der Waals surface area contributed by atoms with Crippen molar-refractivity contribution in [3.8, 4) is 11.3 Å². The molecule has 2 rings (SSSR count). The maximum absolute atomic E-state index is 6.01. The van der Waals surface area contributed by atoms with Gasteiger partial charge in [-0.05, 0) is 37.1 Å². The second-order valence-electron chi connectivity index (χ2n) is 5.22. The average Bonchev–Trinajstić information content (AvgIpc) is 2.88. The van der Waals surface area contributed by atoms with Gasteiger partial charge < -0.3 is 9.73 Å². The number of hydrogen-bond acceptors (Lipinski definition) is 2. The van der Waals surface area contributed by atoms with Crippen molar-refractivity contribution in [3.05, 3.63) is 47.7 Å². The molecule has 0 aliphatic rings. The molecule has 0 saturated heterocycles. The number of nitrogens with one attached hydrogen (secondary N) is 1. The third-order valence-electron chi connectivity index (χ3n) is 3.41. The van der Waals surface area contributed by atoms with Crippen LogP contribution in [-0.2, 0) is 0 Å². The lowest BCUT2D eigenvalue weighted by atomic mass is 9.96.